The number of aliphatic carboxylic acids is 1. The molecule has 0 bridgehead atoms. The first-order valence-electron chi connectivity index (χ1n) is 4.39. The van der Waals surface area contributed by atoms with Crippen LogP contribution in [0, 0.1) is 5.82 Å². The minimum Gasteiger partial charge on any atom is -0.481 e. The van der Waals surface area contributed by atoms with E-state index < -0.39 is 16.8 Å². The van der Waals surface area contributed by atoms with Gasteiger partial charge in [0.1, 0.15) is 5.82 Å². The van der Waals surface area contributed by atoms with Gasteiger partial charge in [-0.25, -0.2) is 4.39 Å². The third-order valence-corrected chi connectivity index (χ3v) is 3.08. The molecule has 0 saturated heterocycles. The highest BCUT2D eigenvalue weighted by molar-refractivity contribution is 7.84. The third-order valence-electron chi connectivity index (χ3n) is 1.76. The van der Waals surface area contributed by atoms with Crippen LogP contribution >= 0.6 is 0 Å². The van der Waals surface area contributed by atoms with Crippen molar-refractivity contribution in [3.8, 4) is 0 Å². The van der Waals surface area contributed by atoms with Gasteiger partial charge in [-0.2, -0.15) is 0 Å². The molecule has 1 atom stereocenters. The second kappa shape index (κ2) is 5.60. The molecular weight excluding hydrogens is 219 g/mol. The first kappa shape index (κ1) is 11.8. The van der Waals surface area contributed by atoms with E-state index in [2.05, 4.69) is 0 Å². The summed E-state index contributed by atoms with van der Waals surface area (Å²) in [5.74, 6) is -1.04. The number of benzene rings is 1. The smallest absolute Gasteiger partial charge is 0.304 e. The van der Waals surface area contributed by atoms with Crippen LogP contribution in [0.4, 0.5) is 4.39 Å². The van der Waals surface area contributed by atoms with E-state index in [0.717, 1.165) is 0 Å². The fraction of sp³-hybridized carbons (Fsp3) is 0.300. The van der Waals surface area contributed by atoms with Crippen molar-refractivity contribution in [2.24, 2.45) is 0 Å². The van der Waals surface area contributed by atoms with Crippen molar-refractivity contribution in [1.29, 1.82) is 0 Å². The standard InChI is InChI=1S/C10H11FO3S/c11-9-3-1-2-8(6-9)7-15(14)5-4-10(12)13/h1-3,6H,4-5,7H2,(H,12,13). The van der Waals surface area contributed by atoms with Crippen LogP contribution in [-0.4, -0.2) is 21.0 Å². The van der Waals surface area contributed by atoms with E-state index in [1.807, 2.05) is 0 Å². The molecule has 0 aliphatic carbocycles. The monoisotopic (exact) mass is 230 g/mol. The molecule has 0 aliphatic rings. The first-order valence-corrected chi connectivity index (χ1v) is 5.88. The summed E-state index contributed by atoms with van der Waals surface area (Å²) in [6, 6.07) is 5.82. The van der Waals surface area contributed by atoms with Crippen LogP contribution in [-0.2, 0) is 21.3 Å². The highest BCUT2D eigenvalue weighted by Crippen LogP contribution is 2.06. The van der Waals surface area contributed by atoms with Crippen molar-refractivity contribution in [2.45, 2.75) is 12.2 Å². The van der Waals surface area contributed by atoms with Crippen LogP contribution in [0.5, 0.6) is 0 Å². The Bertz CT molecular complexity index is 379. The van der Waals surface area contributed by atoms with Crippen molar-refractivity contribution in [2.75, 3.05) is 5.75 Å². The zero-order valence-corrected chi connectivity index (χ0v) is 8.80. The van der Waals surface area contributed by atoms with Crippen LogP contribution < -0.4 is 0 Å². The summed E-state index contributed by atoms with van der Waals surface area (Å²) >= 11 is 0. The molecule has 0 spiro atoms. The molecule has 1 aromatic rings. The number of hydrogen-bond acceptors (Lipinski definition) is 2. The van der Waals surface area contributed by atoms with Crippen LogP contribution in [0.25, 0.3) is 0 Å². The Balaban J connectivity index is 2.48. The summed E-state index contributed by atoms with van der Waals surface area (Å²) in [7, 11) is -1.25. The average Bonchev–Trinajstić information content (AvgIpc) is 2.15. The van der Waals surface area contributed by atoms with Crippen LogP contribution in [0.15, 0.2) is 24.3 Å². The van der Waals surface area contributed by atoms with Crippen molar-refractivity contribution in [3.63, 3.8) is 0 Å². The largest absolute Gasteiger partial charge is 0.481 e. The number of carboxylic acids is 1. The summed E-state index contributed by atoms with van der Waals surface area (Å²) in [6.07, 6.45) is -0.123. The van der Waals surface area contributed by atoms with Gasteiger partial charge < -0.3 is 5.11 Å². The summed E-state index contributed by atoms with van der Waals surface area (Å²) < 4.78 is 24.1. The molecule has 82 valence electrons. The van der Waals surface area contributed by atoms with E-state index in [0.29, 0.717) is 5.56 Å². The van der Waals surface area contributed by atoms with Gasteiger partial charge in [-0.3, -0.25) is 9.00 Å². The van der Waals surface area contributed by atoms with Gasteiger partial charge in [0.15, 0.2) is 0 Å². The highest BCUT2D eigenvalue weighted by atomic mass is 32.2. The lowest BCUT2D eigenvalue weighted by Gasteiger charge is -2.00. The normalized spacial score (nSPS) is 12.3. The van der Waals surface area contributed by atoms with Gasteiger partial charge in [0, 0.05) is 22.3 Å². The Morgan fingerprint density at radius 1 is 1.47 bits per heavy atom. The maximum Gasteiger partial charge on any atom is 0.304 e. The lowest BCUT2D eigenvalue weighted by molar-refractivity contribution is -0.136. The number of halogens is 1. The van der Waals surface area contributed by atoms with E-state index in [-0.39, 0.29) is 23.7 Å². The number of carbonyl (C=O) groups is 1. The van der Waals surface area contributed by atoms with E-state index >= 15 is 0 Å². The number of hydrogen-bond donors (Lipinski definition) is 1. The van der Waals surface area contributed by atoms with Crippen molar-refractivity contribution in [3.05, 3.63) is 35.6 Å². The topological polar surface area (TPSA) is 54.4 Å². The van der Waals surface area contributed by atoms with Crippen LogP contribution in [0.3, 0.4) is 0 Å². The summed E-state index contributed by atoms with van der Waals surface area (Å²) in [5, 5.41) is 8.38. The van der Waals surface area contributed by atoms with Gasteiger partial charge in [0.05, 0.1) is 6.42 Å². The molecule has 3 nitrogen and oxygen atoms in total. The molecule has 1 N–H and O–H groups in total. The highest BCUT2D eigenvalue weighted by Gasteiger charge is 2.05. The fourth-order valence-electron chi connectivity index (χ4n) is 1.09. The molecule has 0 fully saturated rings. The second-order valence-corrected chi connectivity index (χ2v) is 4.64. The molecule has 1 rings (SSSR count). The van der Waals surface area contributed by atoms with Gasteiger partial charge in [-0.05, 0) is 17.7 Å². The maximum absolute atomic E-state index is 12.7. The summed E-state index contributed by atoms with van der Waals surface area (Å²) in [5.41, 5.74) is 0.624. The Morgan fingerprint density at radius 3 is 2.80 bits per heavy atom. The van der Waals surface area contributed by atoms with Gasteiger partial charge in [0.25, 0.3) is 0 Å². The predicted octanol–water partition coefficient (Wildman–Crippen LogP) is 1.55. The van der Waals surface area contributed by atoms with Gasteiger partial charge in [0.2, 0.25) is 0 Å². The van der Waals surface area contributed by atoms with Gasteiger partial charge in [-0.1, -0.05) is 12.1 Å². The van der Waals surface area contributed by atoms with E-state index in [9.17, 15) is 13.4 Å². The molecule has 1 unspecified atom stereocenters. The minimum atomic E-state index is -1.25. The average molecular weight is 230 g/mol. The summed E-state index contributed by atoms with van der Waals surface area (Å²) in [4.78, 5) is 10.2. The van der Waals surface area contributed by atoms with Crippen LogP contribution in [0.1, 0.15) is 12.0 Å². The predicted molar refractivity (Wildman–Crippen MR) is 55.4 cm³/mol. The first-order chi connectivity index (χ1) is 7.08. The van der Waals surface area contributed by atoms with E-state index in [1.54, 1.807) is 12.1 Å². The molecular formula is C10H11FO3S. The fourth-order valence-corrected chi connectivity index (χ4v) is 2.18. The van der Waals surface area contributed by atoms with Gasteiger partial charge in [-0.15, -0.1) is 0 Å². The van der Waals surface area contributed by atoms with Gasteiger partial charge >= 0.3 is 5.97 Å². The Morgan fingerprint density at radius 2 is 2.20 bits per heavy atom. The van der Waals surface area contributed by atoms with E-state index in [4.69, 9.17) is 5.11 Å². The summed E-state index contributed by atoms with van der Waals surface area (Å²) in [6.45, 7) is 0. The molecule has 15 heavy (non-hydrogen) atoms. The Kier molecular flexibility index (Phi) is 4.42. The molecule has 0 amide bonds. The lowest BCUT2D eigenvalue weighted by atomic mass is 10.2. The zero-order valence-electron chi connectivity index (χ0n) is 7.98. The van der Waals surface area contributed by atoms with Crippen molar-refractivity contribution < 1.29 is 18.5 Å². The Labute approximate surface area is 89.4 Å². The molecule has 0 heterocycles. The Hall–Kier alpha value is -1.23. The third kappa shape index (κ3) is 4.69. The molecule has 0 radical (unpaired) electrons. The maximum atomic E-state index is 12.7. The van der Waals surface area contributed by atoms with Crippen molar-refractivity contribution in [1.82, 2.24) is 0 Å². The van der Waals surface area contributed by atoms with E-state index in [1.165, 1.54) is 12.1 Å². The minimum absolute atomic E-state index is 0.103. The van der Waals surface area contributed by atoms with Crippen molar-refractivity contribution >= 4 is 16.8 Å². The lowest BCUT2D eigenvalue weighted by Crippen LogP contribution is -2.06. The number of carboxylic acid groups (broad SMARTS) is 1. The molecule has 5 heteroatoms. The number of rotatable bonds is 5. The molecule has 0 aromatic heterocycles. The zero-order chi connectivity index (χ0) is 11.3. The SMILES string of the molecule is O=C(O)CCS(=O)Cc1cccc(F)c1. The molecule has 1 aromatic carbocycles. The second-order valence-electron chi connectivity index (χ2n) is 3.06. The molecule has 0 saturated carbocycles. The molecule has 0 aliphatic heterocycles. The van der Waals surface area contributed by atoms with Crippen LogP contribution in [0.2, 0.25) is 0 Å². The quantitative estimate of drug-likeness (QED) is 0.835.